The van der Waals surface area contributed by atoms with Crippen LogP contribution < -0.4 is 5.73 Å². The summed E-state index contributed by atoms with van der Waals surface area (Å²) in [4.78, 5) is 25.5. The van der Waals surface area contributed by atoms with Crippen molar-refractivity contribution >= 4 is 12.3 Å². The molecule has 2 N–H and O–H groups in total. The molecule has 0 atom stereocenters. The molecule has 0 bridgehead atoms. The Morgan fingerprint density at radius 3 is 2.04 bits per heavy atom. The molecular formula is C19H27N3O2. The Bertz CT molecular complexity index is 556. The van der Waals surface area contributed by atoms with E-state index in [1.54, 1.807) is 12.1 Å². The average Bonchev–Trinajstić information content (AvgIpc) is 3.40. The minimum atomic E-state index is -0.350. The van der Waals surface area contributed by atoms with E-state index in [4.69, 9.17) is 5.73 Å². The minimum absolute atomic E-state index is 0.350. The van der Waals surface area contributed by atoms with Crippen molar-refractivity contribution in [2.45, 2.75) is 44.1 Å². The van der Waals surface area contributed by atoms with Crippen molar-refractivity contribution in [2.75, 3.05) is 26.2 Å². The highest BCUT2D eigenvalue weighted by Gasteiger charge is 2.27. The maximum absolute atomic E-state index is 10.7. The van der Waals surface area contributed by atoms with Gasteiger partial charge in [-0.1, -0.05) is 18.6 Å². The van der Waals surface area contributed by atoms with Crippen molar-refractivity contribution in [3.8, 4) is 0 Å². The first-order valence-corrected chi connectivity index (χ1v) is 9.00. The van der Waals surface area contributed by atoms with E-state index in [-0.39, 0.29) is 5.91 Å². The maximum atomic E-state index is 10.7. The number of carbonyl (C=O) groups is 2. The summed E-state index contributed by atoms with van der Waals surface area (Å²) >= 11 is 0. The van der Waals surface area contributed by atoms with Crippen LogP contribution in [0.4, 0.5) is 0 Å². The van der Waals surface area contributed by atoms with Crippen LogP contribution in [0, 0.1) is 0 Å². The number of rotatable bonds is 4. The van der Waals surface area contributed by atoms with Gasteiger partial charge in [-0.05, 0) is 49.3 Å². The zero-order chi connectivity index (χ0) is 16.9. The molecule has 1 aromatic rings. The lowest BCUT2D eigenvalue weighted by Crippen LogP contribution is -2.51. The van der Waals surface area contributed by atoms with Gasteiger partial charge in [-0.25, -0.2) is 0 Å². The fraction of sp³-hybridized carbons (Fsp3) is 0.579. The molecule has 0 unspecified atom stereocenters. The topological polar surface area (TPSA) is 66.6 Å². The Balaban J connectivity index is 0.000000141. The van der Waals surface area contributed by atoms with E-state index in [0.717, 1.165) is 44.5 Å². The molecule has 1 heterocycles. The Morgan fingerprint density at radius 1 is 1.00 bits per heavy atom. The third-order valence-corrected chi connectivity index (χ3v) is 5.33. The van der Waals surface area contributed by atoms with Gasteiger partial charge in [-0.15, -0.1) is 0 Å². The highest BCUT2D eigenvalue weighted by molar-refractivity contribution is 5.92. The molecule has 130 valence electrons. The van der Waals surface area contributed by atoms with E-state index in [1.165, 1.54) is 37.7 Å². The molecule has 1 aromatic carbocycles. The number of piperazine rings is 1. The van der Waals surface area contributed by atoms with Gasteiger partial charge in [-0.3, -0.25) is 14.5 Å². The summed E-state index contributed by atoms with van der Waals surface area (Å²) < 4.78 is 0. The summed E-state index contributed by atoms with van der Waals surface area (Å²) in [5, 5.41) is 0. The predicted octanol–water partition coefficient (Wildman–Crippen LogP) is 1.98. The van der Waals surface area contributed by atoms with Crippen molar-refractivity contribution in [3.05, 3.63) is 35.4 Å². The van der Waals surface area contributed by atoms with Gasteiger partial charge >= 0.3 is 0 Å². The summed E-state index contributed by atoms with van der Waals surface area (Å²) in [7, 11) is 0. The SMILES string of the molecule is NC(=O)c1ccc(C2CC2)cc1.O=CN1CCN(C2CCC2)CC1. The van der Waals surface area contributed by atoms with Crippen LogP contribution in [0.5, 0.6) is 0 Å². The molecule has 3 aliphatic rings. The van der Waals surface area contributed by atoms with E-state index < -0.39 is 0 Å². The zero-order valence-corrected chi connectivity index (χ0v) is 14.2. The van der Waals surface area contributed by atoms with Gasteiger partial charge in [0.25, 0.3) is 0 Å². The van der Waals surface area contributed by atoms with Crippen molar-refractivity contribution in [1.29, 1.82) is 0 Å². The Kier molecular flexibility index (Phi) is 5.51. The lowest BCUT2D eigenvalue weighted by molar-refractivity contribution is -0.120. The predicted molar refractivity (Wildman–Crippen MR) is 93.8 cm³/mol. The van der Waals surface area contributed by atoms with Crippen LogP contribution >= 0.6 is 0 Å². The molecule has 2 aliphatic carbocycles. The van der Waals surface area contributed by atoms with Crippen molar-refractivity contribution in [3.63, 3.8) is 0 Å². The number of hydrogen-bond acceptors (Lipinski definition) is 3. The summed E-state index contributed by atoms with van der Waals surface area (Å²) in [5.41, 5.74) is 7.05. The van der Waals surface area contributed by atoms with Crippen LogP contribution in [0.1, 0.15) is 53.9 Å². The molecule has 24 heavy (non-hydrogen) atoms. The fourth-order valence-corrected chi connectivity index (χ4v) is 3.30. The number of benzene rings is 1. The molecule has 2 amide bonds. The van der Waals surface area contributed by atoms with Gasteiger partial charge in [0.2, 0.25) is 12.3 Å². The monoisotopic (exact) mass is 329 g/mol. The van der Waals surface area contributed by atoms with E-state index >= 15 is 0 Å². The second-order valence-electron chi connectivity index (χ2n) is 7.02. The first-order chi connectivity index (χ1) is 11.7. The first-order valence-electron chi connectivity index (χ1n) is 9.00. The summed E-state index contributed by atoms with van der Waals surface area (Å²) in [6, 6.07) is 8.44. The van der Waals surface area contributed by atoms with Gasteiger partial charge < -0.3 is 10.6 Å². The van der Waals surface area contributed by atoms with Gasteiger partial charge in [0.05, 0.1) is 0 Å². The zero-order valence-electron chi connectivity index (χ0n) is 14.2. The second-order valence-corrected chi connectivity index (χ2v) is 7.02. The molecule has 3 fully saturated rings. The molecular weight excluding hydrogens is 302 g/mol. The van der Waals surface area contributed by atoms with Gasteiger partial charge in [-0.2, -0.15) is 0 Å². The van der Waals surface area contributed by atoms with Crippen LogP contribution in [0.15, 0.2) is 24.3 Å². The molecule has 5 nitrogen and oxygen atoms in total. The highest BCUT2D eigenvalue weighted by atomic mass is 16.1. The first kappa shape index (κ1) is 17.0. The Labute approximate surface area is 143 Å². The summed E-state index contributed by atoms with van der Waals surface area (Å²) in [5.74, 6) is 0.393. The molecule has 0 aromatic heterocycles. The molecule has 4 rings (SSSR count). The number of amides is 2. The largest absolute Gasteiger partial charge is 0.366 e. The lowest BCUT2D eigenvalue weighted by atomic mass is 9.91. The van der Waals surface area contributed by atoms with E-state index in [1.807, 2.05) is 17.0 Å². The summed E-state index contributed by atoms with van der Waals surface area (Å²) in [6.07, 6.45) is 7.70. The van der Waals surface area contributed by atoms with Crippen molar-refractivity contribution in [2.24, 2.45) is 5.73 Å². The fourth-order valence-electron chi connectivity index (χ4n) is 3.30. The van der Waals surface area contributed by atoms with Gasteiger partial charge in [0, 0.05) is 37.8 Å². The quantitative estimate of drug-likeness (QED) is 0.859. The average molecular weight is 329 g/mol. The Morgan fingerprint density at radius 2 is 1.62 bits per heavy atom. The normalized spacial score (nSPS) is 21.4. The highest BCUT2D eigenvalue weighted by Crippen LogP contribution is 2.39. The van der Waals surface area contributed by atoms with Crippen molar-refractivity contribution < 1.29 is 9.59 Å². The second kappa shape index (κ2) is 7.79. The third-order valence-electron chi connectivity index (χ3n) is 5.33. The molecule has 0 radical (unpaired) electrons. The molecule has 5 heteroatoms. The van der Waals surface area contributed by atoms with Crippen LogP contribution in [-0.2, 0) is 4.79 Å². The Hall–Kier alpha value is -1.88. The van der Waals surface area contributed by atoms with Crippen LogP contribution in [0.2, 0.25) is 0 Å². The molecule has 0 spiro atoms. The summed E-state index contributed by atoms with van der Waals surface area (Å²) in [6.45, 7) is 4.03. The molecule has 2 saturated carbocycles. The molecule has 1 aliphatic heterocycles. The number of hydrogen-bond donors (Lipinski definition) is 1. The van der Waals surface area contributed by atoms with Gasteiger partial charge in [0.1, 0.15) is 0 Å². The van der Waals surface area contributed by atoms with Crippen LogP contribution in [-0.4, -0.2) is 54.3 Å². The molecule has 1 saturated heterocycles. The van der Waals surface area contributed by atoms with E-state index in [2.05, 4.69) is 4.90 Å². The third kappa shape index (κ3) is 4.35. The maximum Gasteiger partial charge on any atom is 0.248 e. The van der Waals surface area contributed by atoms with Crippen LogP contribution in [0.25, 0.3) is 0 Å². The van der Waals surface area contributed by atoms with E-state index in [0.29, 0.717) is 5.56 Å². The lowest BCUT2D eigenvalue weighted by Gasteiger charge is -2.42. The minimum Gasteiger partial charge on any atom is -0.366 e. The number of primary amides is 1. The van der Waals surface area contributed by atoms with E-state index in [9.17, 15) is 9.59 Å². The standard InChI is InChI=1S/C10H11NO.C9H16N2O/c11-10(12)9-5-3-8(4-6-9)7-1-2-7;12-8-10-4-6-11(7-5-10)9-2-1-3-9/h3-7H,1-2H2,(H2,11,12);8-9H,1-7H2. The van der Waals surface area contributed by atoms with Crippen molar-refractivity contribution in [1.82, 2.24) is 9.80 Å². The number of nitrogens with zero attached hydrogens (tertiary/aromatic N) is 2. The number of carbonyl (C=O) groups excluding carboxylic acids is 2. The van der Waals surface area contributed by atoms with Gasteiger partial charge in [0.15, 0.2) is 0 Å². The smallest absolute Gasteiger partial charge is 0.248 e. The van der Waals surface area contributed by atoms with Crippen LogP contribution in [0.3, 0.4) is 0 Å². The number of nitrogens with two attached hydrogens (primary N) is 1.